The zero-order chi connectivity index (χ0) is 18.8. The minimum atomic E-state index is -0.492. The van der Waals surface area contributed by atoms with Gasteiger partial charge in [-0.3, -0.25) is 4.90 Å². The predicted octanol–water partition coefficient (Wildman–Crippen LogP) is 4.57. The van der Waals surface area contributed by atoms with Crippen LogP contribution in [-0.2, 0) is 9.53 Å². The number of piperidine rings is 1. The zero-order valence-corrected chi connectivity index (χ0v) is 15.9. The molecule has 0 radical (unpaired) electrons. The third-order valence-corrected chi connectivity index (χ3v) is 5.52. The molecule has 2 heterocycles. The van der Waals surface area contributed by atoms with E-state index in [0.29, 0.717) is 5.02 Å². The van der Waals surface area contributed by atoms with E-state index >= 15 is 0 Å². The van der Waals surface area contributed by atoms with E-state index in [1.807, 2.05) is 42.5 Å². The van der Waals surface area contributed by atoms with E-state index in [1.54, 1.807) is 6.07 Å². The molecule has 0 saturated carbocycles. The molecule has 0 bridgehead atoms. The molecule has 6 heteroatoms. The number of hydrogen-bond donors (Lipinski definition) is 0. The molecule has 140 valence electrons. The first-order valence-corrected chi connectivity index (χ1v) is 9.47. The number of nitrogens with zero attached hydrogens (tertiary/aromatic N) is 2. The van der Waals surface area contributed by atoms with Crippen molar-refractivity contribution in [2.45, 2.75) is 24.8 Å². The van der Waals surface area contributed by atoms with Gasteiger partial charge in [-0.25, -0.2) is 9.78 Å². The molecule has 4 rings (SSSR count). The molecule has 0 spiro atoms. The van der Waals surface area contributed by atoms with Gasteiger partial charge in [-0.1, -0.05) is 41.9 Å². The van der Waals surface area contributed by atoms with Crippen molar-refractivity contribution in [2.75, 3.05) is 20.2 Å². The number of fused-ring (bicyclic) bond motifs is 1. The van der Waals surface area contributed by atoms with Crippen LogP contribution in [0.5, 0.6) is 0 Å². The number of carbonyl (C=O) groups is 1. The maximum atomic E-state index is 12.5. The average Bonchev–Trinajstić information content (AvgIpc) is 3.14. The summed E-state index contributed by atoms with van der Waals surface area (Å²) >= 11 is 6.35. The molecule has 5 nitrogen and oxygen atoms in total. The summed E-state index contributed by atoms with van der Waals surface area (Å²) in [5, 5.41) is 0.578. The summed E-state index contributed by atoms with van der Waals surface area (Å²) in [7, 11) is 1.41. The first kappa shape index (κ1) is 18.0. The number of esters is 1. The SMILES string of the molecule is COC(=O)C(c1ccccc1Cl)N1CCC(c2nc3ccccc3o2)CC1. The Hall–Kier alpha value is -2.37. The Morgan fingerprint density at radius 3 is 2.59 bits per heavy atom. The van der Waals surface area contributed by atoms with Crippen molar-refractivity contribution in [3.8, 4) is 0 Å². The Balaban J connectivity index is 1.52. The van der Waals surface area contributed by atoms with Crippen molar-refractivity contribution < 1.29 is 13.9 Å². The standard InChI is InChI=1S/C21H21ClN2O3/c1-26-21(25)19(15-6-2-3-7-16(15)22)24-12-10-14(11-13-24)20-23-17-8-4-5-9-18(17)27-20/h2-9,14,19H,10-13H2,1H3. The lowest BCUT2D eigenvalue weighted by molar-refractivity contribution is -0.147. The molecule has 0 aliphatic carbocycles. The smallest absolute Gasteiger partial charge is 0.327 e. The van der Waals surface area contributed by atoms with Gasteiger partial charge in [-0.05, 0) is 36.6 Å². The van der Waals surface area contributed by atoms with Crippen LogP contribution in [0.2, 0.25) is 5.02 Å². The number of rotatable bonds is 4. The van der Waals surface area contributed by atoms with Crippen LogP contribution < -0.4 is 0 Å². The van der Waals surface area contributed by atoms with Crippen LogP contribution in [0.3, 0.4) is 0 Å². The number of likely N-dealkylation sites (tertiary alicyclic amines) is 1. The first-order valence-electron chi connectivity index (χ1n) is 9.09. The molecule has 1 unspecified atom stereocenters. The quantitative estimate of drug-likeness (QED) is 0.616. The second kappa shape index (κ2) is 7.71. The second-order valence-corrected chi connectivity index (χ2v) is 7.18. The van der Waals surface area contributed by atoms with Crippen molar-refractivity contribution in [1.82, 2.24) is 9.88 Å². The molecule has 3 aromatic rings. The van der Waals surface area contributed by atoms with E-state index < -0.39 is 6.04 Å². The van der Waals surface area contributed by atoms with Gasteiger partial charge in [0.05, 0.1) is 7.11 Å². The van der Waals surface area contributed by atoms with E-state index in [1.165, 1.54) is 7.11 Å². The number of halogens is 1. The van der Waals surface area contributed by atoms with E-state index in [0.717, 1.165) is 48.5 Å². The molecule has 0 N–H and O–H groups in total. The largest absolute Gasteiger partial charge is 0.468 e. The lowest BCUT2D eigenvalue weighted by Gasteiger charge is -2.35. The minimum absolute atomic E-state index is 0.248. The van der Waals surface area contributed by atoms with Crippen LogP contribution in [-0.4, -0.2) is 36.1 Å². The third kappa shape index (κ3) is 3.57. The van der Waals surface area contributed by atoms with Crippen LogP contribution >= 0.6 is 11.6 Å². The van der Waals surface area contributed by atoms with Crippen molar-refractivity contribution in [3.63, 3.8) is 0 Å². The molecular weight excluding hydrogens is 364 g/mol. The van der Waals surface area contributed by atoms with Crippen molar-refractivity contribution in [3.05, 3.63) is 65.0 Å². The van der Waals surface area contributed by atoms with Crippen LogP contribution in [0.15, 0.2) is 52.9 Å². The summed E-state index contributed by atoms with van der Waals surface area (Å²) in [4.78, 5) is 19.2. The van der Waals surface area contributed by atoms with Gasteiger partial charge in [0.15, 0.2) is 11.5 Å². The highest BCUT2D eigenvalue weighted by molar-refractivity contribution is 6.31. The summed E-state index contributed by atoms with van der Waals surface area (Å²) in [6.07, 6.45) is 1.73. The third-order valence-electron chi connectivity index (χ3n) is 5.18. The van der Waals surface area contributed by atoms with Gasteiger partial charge in [-0.15, -0.1) is 0 Å². The van der Waals surface area contributed by atoms with Gasteiger partial charge in [0.25, 0.3) is 0 Å². The van der Waals surface area contributed by atoms with Gasteiger partial charge in [0.2, 0.25) is 0 Å². The van der Waals surface area contributed by atoms with Gasteiger partial charge in [-0.2, -0.15) is 0 Å². The lowest BCUT2D eigenvalue weighted by Crippen LogP contribution is -2.40. The van der Waals surface area contributed by atoms with Crippen molar-refractivity contribution >= 4 is 28.7 Å². The van der Waals surface area contributed by atoms with Crippen LogP contribution in [0.4, 0.5) is 0 Å². The van der Waals surface area contributed by atoms with Crippen LogP contribution in [0.25, 0.3) is 11.1 Å². The summed E-state index contributed by atoms with van der Waals surface area (Å²) in [5.41, 5.74) is 2.49. The number of benzene rings is 2. The molecule has 1 atom stereocenters. The lowest BCUT2D eigenvalue weighted by atomic mass is 9.94. The molecule has 1 aliphatic heterocycles. The Morgan fingerprint density at radius 1 is 1.19 bits per heavy atom. The fourth-order valence-corrected chi connectivity index (χ4v) is 3.99. The summed E-state index contributed by atoms with van der Waals surface area (Å²) in [6.45, 7) is 1.49. The Bertz CT molecular complexity index is 914. The Labute approximate surface area is 162 Å². The molecule has 1 saturated heterocycles. The normalized spacial score (nSPS) is 17.1. The highest BCUT2D eigenvalue weighted by Gasteiger charge is 2.34. The number of aromatic nitrogens is 1. The van der Waals surface area contributed by atoms with E-state index in [9.17, 15) is 4.79 Å². The summed E-state index contributed by atoms with van der Waals surface area (Å²) < 4.78 is 11.0. The number of para-hydroxylation sites is 2. The maximum absolute atomic E-state index is 12.5. The van der Waals surface area contributed by atoms with E-state index in [-0.39, 0.29) is 11.9 Å². The average molecular weight is 385 g/mol. The summed E-state index contributed by atoms with van der Waals surface area (Å²) in [6, 6.07) is 14.8. The molecular formula is C21H21ClN2O3. The topological polar surface area (TPSA) is 55.6 Å². The number of ether oxygens (including phenoxy) is 1. The van der Waals surface area contributed by atoms with Gasteiger partial charge < -0.3 is 9.15 Å². The molecule has 1 aliphatic rings. The fourth-order valence-electron chi connectivity index (χ4n) is 3.75. The number of methoxy groups -OCH3 is 1. The van der Waals surface area contributed by atoms with Gasteiger partial charge in [0, 0.05) is 24.0 Å². The predicted molar refractivity (Wildman–Crippen MR) is 104 cm³/mol. The van der Waals surface area contributed by atoms with Crippen LogP contribution in [0.1, 0.15) is 36.3 Å². The molecule has 0 amide bonds. The second-order valence-electron chi connectivity index (χ2n) is 6.78. The number of oxazole rings is 1. The molecule has 1 fully saturated rings. The van der Waals surface area contributed by atoms with Gasteiger partial charge in [0.1, 0.15) is 11.6 Å². The number of hydrogen-bond acceptors (Lipinski definition) is 5. The molecule has 1 aromatic heterocycles. The molecule has 27 heavy (non-hydrogen) atoms. The summed E-state index contributed by atoms with van der Waals surface area (Å²) in [5.74, 6) is 0.741. The fraction of sp³-hybridized carbons (Fsp3) is 0.333. The Kier molecular flexibility index (Phi) is 5.14. The zero-order valence-electron chi connectivity index (χ0n) is 15.1. The highest BCUT2D eigenvalue weighted by Crippen LogP contribution is 2.35. The van der Waals surface area contributed by atoms with Crippen molar-refractivity contribution in [1.29, 1.82) is 0 Å². The van der Waals surface area contributed by atoms with Gasteiger partial charge >= 0.3 is 5.97 Å². The van der Waals surface area contributed by atoms with E-state index in [2.05, 4.69) is 9.88 Å². The van der Waals surface area contributed by atoms with E-state index in [4.69, 9.17) is 20.8 Å². The minimum Gasteiger partial charge on any atom is -0.468 e. The monoisotopic (exact) mass is 384 g/mol. The Morgan fingerprint density at radius 2 is 1.89 bits per heavy atom. The molecule has 2 aromatic carbocycles. The highest BCUT2D eigenvalue weighted by atomic mass is 35.5. The maximum Gasteiger partial charge on any atom is 0.327 e. The number of carbonyl (C=O) groups excluding carboxylic acids is 1. The van der Waals surface area contributed by atoms with Crippen LogP contribution in [0, 0.1) is 0 Å². The van der Waals surface area contributed by atoms with Crippen molar-refractivity contribution in [2.24, 2.45) is 0 Å². The first-order chi connectivity index (χ1) is 13.2.